The molecule has 8 aliphatic carbocycles. The molecule has 0 radical (unpaired) electrons. The van der Waals surface area contributed by atoms with Crippen LogP contribution in [-0.4, -0.2) is 25.9 Å². The Bertz CT molecular complexity index is 2170. The van der Waals surface area contributed by atoms with Gasteiger partial charge < -0.3 is 9.80 Å². The Labute approximate surface area is 322 Å². The fourth-order valence-corrected chi connectivity index (χ4v) is 22.0. The maximum absolute atomic E-state index is 3.07. The lowest BCUT2D eigenvalue weighted by atomic mass is 9.32. The molecule has 3 heterocycles. The van der Waals surface area contributed by atoms with Crippen LogP contribution in [0.5, 0.6) is 0 Å². The molecule has 0 atom stereocenters. The van der Waals surface area contributed by atoms with Crippen LogP contribution in [-0.2, 0) is 0 Å². The highest BCUT2D eigenvalue weighted by molar-refractivity contribution is 7.27. The largest absolute Gasteiger partial charge is 0.336 e. The minimum atomic E-state index is -2.74. The molecule has 266 valence electrons. The monoisotopic (exact) mass is 716 g/mol. The SMILES string of the molecule is c1ccc([Si]2(c3ccccc3)c3cccc4c3B3c5c(cccc5N(C56CC7CC(CC(C7)C5)C6)c5cccc2c53)N4C23CC4CC(CC(C4)C2)C3)cc1. The summed E-state index contributed by atoms with van der Waals surface area (Å²) in [5.41, 5.74) is 11.7. The zero-order chi connectivity index (χ0) is 35.0. The summed E-state index contributed by atoms with van der Waals surface area (Å²) in [5.74, 6) is 5.37. The van der Waals surface area contributed by atoms with Crippen molar-refractivity contribution in [1.82, 2.24) is 0 Å². The Hall–Kier alpha value is -4.02. The van der Waals surface area contributed by atoms with Gasteiger partial charge in [-0.3, -0.25) is 0 Å². The second-order valence-corrected chi connectivity index (χ2v) is 23.8. The molecule has 5 aromatic rings. The summed E-state index contributed by atoms with van der Waals surface area (Å²) in [5, 5.41) is 6.35. The van der Waals surface area contributed by atoms with Crippen LogP contribution in [0, 0.1) is 35.5 Å². The molecule has 0 N–H and O–H groups in total. The van der Waals surface area contributed by atoms with Crippen molar-refractivity contribution in [3.05, 3.63) is 115 Å². The van der Waals surface area contributed by atoms with E-state index in [0.29, 0.717) is 0 Å². The maximum Gasteiger partial charge on any atom is 0.251 e. The van der Waals surface area contributed by atoms with Crippen LogP contribution in [0.15, 0.2) is 115 Å². The lowest BCUT2D eigenvalue weighted by molar-refractivity contribution is 0.000359. The fourth-order valence-electron chi connectivity index (χ4n) is 16.7. The van der Waals surface area contributed by atoms with E-state index in [2.05, 4.69) is 125 Å². The van der Waals surface area contributed by atoms with Gasteiger partial charge in [0.25, 0.3) is 6.71 Å². The van der Waals surface area contributed by atoms with Gasteiger partial charge in [0.1, 0.15) is 0 Å². The van der Waals surface area contributed by atoms with Crippen LogP contribution < -0.4 is 46.9 Å². The highest BCUT2D eigenvalue weighted by atomic mass is 28.3. The minimum absolute atomic E-state index is 0.219. The molecule has 0 saturated heterocycles. The Morgan fingerprint density at radius 3 is 1.09 bits per heavy atom. The summed E-state index contributed by atoms with van der Waals surface area (Å²) in [4.78, 5) is 6.13. The number of rotatable bonds is 4. The molecule has 8 bridgehead atoms. The number of benzene rings is 5. The summed E-state index contributed by atoms with van der Waals surface area (Å²) < 4.78 is 0. The maximum atomic E-state index is 3.07. The number of hydrogen-bond acceptors (Lipinski definition) is 2. The molecule has 54 heavy (non-hydrogen) atoms. The molecule has 0 amide bonds. The molecule has 4 heteroatoms. The number of hydrogen-bond donors (Lipinski definition) is 0. The predicted octanol–water partition coefficient (Wildman–Crippen LogP) is 6.73. The van der Waals surface area contributed by atoms with Crippen LogP contribution >= 0.6 is 0 Å². The van der Waals surface area contributed by atoms with Gasteiger partial charge in [-0.1, -0.05) is 91.0 Å². The molecule has 16 rings (SSSR count). The van der Waals surface area contributed by atoms with E-state index in [9.17, 15) is 0 Å². The first kappa shape index (κ1) is 30.2. The molecule has 5 aromatic carbocycles. The van der Waals surface area contributed by atoms with Crippen molar-refractivity contribution in [2.24, 2.45) is 35.5 Å². The third-order valence-corrected chi connectivity index (χ3v) is 22.1. The van der Waals surface area contributed by atoms with Gasteiger partial charge in [-0.2, -0.15) is 0 Å². The molecular weight excluding hydrogens is 667 g/mol. The first-order valence-corrected chi connectivity index (χ1v) is 23.7. The Kier molecular flexibility index (Phi) is 5.73. The number of anilines is 4. The number of nitrogens with zero attached hydrogens (tertiary/aromatic N) is 2. The molecule has 2 nitrogen and oxygen atoms in total. The second kappa shape index (κ2) is 10.2. The van der Waals surface area contributed by atoms with Crippen molar-refractivity contribution in [1.29, 1.82) is 0 Å². The summed E-state index contributed by atoms with van der Waals surface area (Å²) in [6.45, 7) is 0.275. The van der Waals surface area contributed by atoms with E-state index in [1.54, 1.807) is 49.5 Å². The van der Waals surface area contributed by atoms with E-state index in [1.807, 2.05) is 0 Å². The highest BCUT2D eigenvalue weighted by Gasteiger charge is 2.62. The Morgan fingerprint density at radius 1 is 0.389 bits per heavy atom. The molecule has 11 aliphatic rings. The Morgan fingerprint density at radius 2 is 0.722 bits per heavy atom. The molecule has 8 fully saturated rings. The summed E-state index contributed by atoms with van der Waals surface area (Å²) in [7, 11) is -2.74. The van der Waals surface area contributed by atoms with Gasteiger partial charge in [0, 0.05) is 33.8 Å². The van der Waals surface area contributed by atoms with E-state index in [1.165, 1.54) is 87.4 Å². The summed E-state index contributed by atoms with van der Waals surface area (Å²) in [6.07, 6.45) is 17.1. The van der Waals surface area contributed by atoms with Crippen molar-refractivity contribution in [2.45, 2.75) is 88.1 Å². The molecule has 0 aromatic heterocycles. The zero-order valence-corrected chi connectivity index (χ0v) is 32.4. The topological polar surface area (TPSA) is 6.48 Å². The van der Waals surface area contributed by atoms with Gasteiger partial charge in [-0.05, 0) is 174 Å². The fraction of sp³-hybridized carbons (Fsp3) is 0.400. The molecule has 0 unspecified atom stereocenters. The van der Waals surface area contributed by atoms with Gasteiger partial charge in [-0.15, -0.1) is 0 Å². The van der Waals surface area contributed by atoms with Gasteiger partial charge >= 0.3 is 0 Å². The van der Waals surface area contributed by atoms with Crippen molar-refractivity contribution < 1.29 is 0 Å². The van der Waals surface area contributed by atoms with Crippen LogP contribution in [0.3, 0.4) is 0 Å². The molecule has 3 aliphatic heterocycles. The Balaban J connectivity index is 1.13. The lowest BCUT2D eigenvalue weighted by Gasteiger charge is -2.65. The van der Waals surface area contributed by atoms with Crippen molar-refractivity contribution in [3.8, 4) is 0 Å². The first-order valence-electron chi connectivity index (χ1n) is 21.7. The van der Waals surface area contributed by atoms with Crippen LogP contribution in [0.4, 0.5) is 22.7 Å². The normalized spacial score (nSPS) is 34.7. The van der Waals surface area contributed by atoms with Crippen molar-refractivity contribution in [3.63, 3.8) is 0 Å². The smallest absolute Gasteiger partial charge is 0.251 e. The van der Waals surface area contributed by atoms with Gasteiger partial charge in [0.05, 0.1) is 0 Å². The summed E-state index contributed by atoms with van der Waals surface area (Å²) >= 11 is 0. The lowest BCUT2D eigenvalue weighted by Crippen LogP contribution is -2.88. The standard InChI is InChI=1S/C50H49BN2Si/c1-3-10-38(11-4-1)54(39-12-5-2-6-13-39)44-18-8-16-42-47(44)51-46-40(52(42)49-26-32-20-33(27-49)22-34(21-32)28-49)14-7-15-41(46)53(43-17-9-19-45(54)48(43)51)50-29-35-23-36(30-50)25-37(24-35)31-50/h1-19,32-37H,20-31H2. The van der Waals surface area contributed by atoms with Crippen molar-refractivity contribution >= 4 is 74.7 Å². The van der Waals surface area contributed by atoms with E-state index in [4.69, 9.17) is 0 Å². The summed E-state index contributed by atoms with van der Waals surface area (Å²) in [6, 6.07) is 46.7. The van der Waals surface area contributed by atoms with Crippen LogP contribution in [0.1, 0.15) is 77.0 Å². The molecule has 8 saturated carbocycles. The van der Waals surface area contributed by atoms with E-state index in [-0.39, 0.29) is 17.8 Å². The second-order valence-electron chi connectivity index (χ2n) is 20.1. The third kappa shape index (κ3) is 3.58. The van der Waals surface area contributed by atoms with E-state index < -0.39 is 8.07 Å². The minimum Gasteiger partial charge on any atom is -0.336 e. The average Bonchev–Trinajstić information content (AvgIpc) is 3.18. The van der Waals surface area contributed by atoms with Crippen molar-refractivity contribution in [2.75, 3.05) is 9.80 Å². The third-order valence-electron chi connectivity index (χ3n) is 17.2. The highest BCUT2D eigenvalue weighted by Crippen LogP contribution is 2.62. The first-order chi connectivity index (χ1) is 26.6. The van der Waals surface area contributed by atoms with Gasteiger partial charge in [0.2, 0.25) is 0 Å². The molecule has 0 spiro atoms. The van der Waals surface area contributed by atoms with E-state index >= 15 is 0 Å². The quantitative estimate of drug-likeness (QED) is 0.187. The zero-order valence-electron chi connectivity index (χ0n) is 31.4. The van der Waals surface area contributed by atoms with Crippen LogP contribution in [0.25, 0.3) is 0 Å². The molecular formula is C50H49BN2Si. The van der Waals surface area contributed by atoms with Gasteiger partial charge in [-0.25, -0.2) is 0 Å². The van der Waals surface area contributed by atoms with E-state index in [0.717, 1.165) is 35.5 Å². The van der Waals surface area contributed by atoms with Crippen LogP contribution in [0.2, 0.25) is 0 Å². The average molecular weight is 717 g/mol. The predicted molar refractivity (Wildman–Crippen MR) is 227 cm³/mol. The van der Waals surface area contributed by atoms with Gasteiger partial charge in [0.15, 0.2) is 8.07 Å².